The number of hydrogen-bond acceptors (Lipinski definition) is 7. The van der Waals surface area contributed by atoms with Gasteiger partial charge in [0.05, 0.1) is 38.3 Å². The van der Waals surface area contributed by atoms with E-state index in [0.717, 1.165) is 86.7 Å². The summed E-state index contributed by atoms with van der Waals surface area (Å²) in [6.45, 7) is 6.45. The molecular weight excluding hydrogens is 456 g/mol. The van der Waals surface area contributed by atoms with Crippen LogP contribution in [0.2, 0.25) is 0 Å². The predicted molar refractivity (Wildman–Crippen MR) is 141 cm³/mol. The number of nitrogens with one attached hydrogen (secondary N) is 1. The normalized spacial score (nSPS) is 18.3. The number of carbonyl (C=O) groups is 1. The summed E-state index contributed by atoms with van der Waals surface area (Å²) in [5.74, 6) is 0.733. The minimum absolute atomic E-state index is 0.0636. The lowest BCUT2D eigenvalue weighted by Gasteiger charge is -2.40. The Labute approximate surface area is 213 Å². The Bertz CT molecular complexity index is 1100. The van der Waals surface area contributed by atoms with Gasteiger partial charge < -0.3 is 24.4 Å². The van der Waals surface area contributed by atoms with Gasteiger partial charge in [0, 0.05) is 80.7 Å². The van der Waals surface area contributed by atoms with Crippen molar-refractivity contribution in [2.24, 2.45) is 0 Å². The van der Waals surface area contributed by atoms with Gasteiger partial charge >= 0.3 is 0 Å². The Kier molecular flexibility index (Phi) is 7.84. The summed E-state index contributed by atoms with van der Waals surface area (Å²) in [7, 11) is 3.35. The number of amides is 1. The molecule has 3 aliphatic rings. The summed E-state index contributed by atoms with van der Waals surface area (Å²) in [5, 5.41) is 3.53. The van der Waals surface area contributed by atoms with Crippen LogP contribution < -0.4 is 10.1 Å². The van der Waals surface area contributed by atoms with E-state index in [1.54, 1.807) is 14.2 Å². The van der Waals surface area contributed by atoms with Crippen molar-refractivity contribution in [3.8, 4) is 16.9 Å². The first-order valence-corrected chi connectivity index (χ1v) is 12.9. The van der Waals surface area contributed by atoms with Gasteiger partial charge in [0.25, 0.3) is 5.91 Å². The van der Waals surface area contributed by atoms with Crippen molar-refractivity contribution in [1.29, 1.82) is 0 Å². The largest absolute Gasteiger partial charge is 0.496 e. The molecule has 8 nitrogen and oxygen atoms in total. The maximum Gasteiger partial charge on any atom is 0.253 e. The number of allylic oxidation sites excluding steroid dienone is 1. The number of hydrogen-bond donors (Lipinski definition) is 1. The molecule has 2 aromatic rings. The van der Waals surface area contributed by atoms with Gasteiger partial charge in [0.2, 0.25) is 0 Å². The fourth-order valence-corrected chi connectivity index (χ4v) is 5.48. The highest BCUT2D eigenvalue weighted by molar-refractivity contribution is 5.96. The molecule has 2 fully saturated rings. The highest BCUT2D eigenvalue weighted by Crippen LogP contribution is 2.40. The Morgan fingerprint density at radius 1 is 1.14 bits per heavy atom. The summed E-state index contributed by atoms with van der Waals surface area (Å²) >= 11 is 0. The Morgan fingerprint density at radius 3 is 2.69 bits per heavy atom. The van der Waals surface area contributed by atoms with E-state index in [1.165, 1.54) is 0 Å². The fraction of sp³-hybridized carbons (Fsp3) is 0.500. The lowest BCUT2D eigenvalue weighted by atomic mass is 9.98. The van der Waals surface area contributed by atoms with Crippen molar-refractivity contribution < 1.29 is 19.0 Å². The molecule has 1 aliphatic carbocycles. The first kappa shape index (κ1) is 24.7. The van der Waals surface area contributed by atoms with Crippen molar-refractivity contribution in [3.63, 3.8) is 0 Å². The third-order valence-electron chi connectivity index (χ3n) is 7.46. The number of rotatable bonds is 8. The van der Waals surface area contributed by atoms with Crippen LogP contribution in [0.25, 0.3) is 17.2 Å². The average Bonchev–Trinajstić information content (AvgIpc) is 3.42. The molecule has 36 heavy (non-hydrogen) atoms. The molecule has 3 heterocycles. The molecular formula is C28H36N4O4. The van der Waals surface area contributed by atoms with Crippen LogP contribution >= 0.6 is 0 Å². The summed E-state index contributed by atoms with van der Waals surface area (Å²) in [6.07, 6.45) is 8.99. The number of aromatic nitrogens is 1. The SMILES string of the molecule is COCCNc1c(-c2ccc(C(=O)N3CCC(N4CCOCC4)CC3)cc2OC)cnc2c1C=CC2. The van der Waals surface area contributed by atoms with E-state index in [1.807, 2.05) is 29.3 Å². The number of methoxy groups -OCH3 is 2. The fourth-order valence-electron chi connectivity index (χ4n) is 5.48. The van der Waals surface area contributed by atoms with Crippen LogP contribution in [0.4, 0.5) is 5.69 Å². The maximum atomic E-state index is 13.4. The van der Waals surface area contributed by atoms with Crippen molar-refractivity contribution in [3.05, 3.63) is 47.3 Å². The van der Waals surface area contributed by atoms with Crippen molar-refractivity contribution >= 4 is 17.7 Å². The Hall–Kier alpha value is -2.94. The third kappa shape index (κ3) is 5.12. The highest BCUT2D eigenvalue weighted by Gasteiger charge is 2.29. The lowest BCUT2D eigenvalue weighted by Crippen LogP contribution is -2.50. The lowest BCUT2D eigenvalue weighted by molar-refractivity contribution is 0.00159. The van der Waals surface area contributed by atoms with E-state index in [9.17, 15) is 4.79 Å². The van der Waals surface area contributed by atoms with Crippen molar-refractivity contribution in [2.75, 3.05) is 72.1 Å². The number of likely N-dealkylation sites (tertiary alicyclic amines) is 1. The maximum absolute atomic E-state index is 13.4. The number of benzene rings is 1. The smallest absolute Gasteiger partial charge is 0.253 e. The zero-order valence-corrected chi connectivity index (χ0v) is 21.3. The van der Waals surface area contributed by atoms with Gasteiger partial charge in [-0.05, 0) is 31.0 Å². The number of piperidine rings is 1. The first-order chi connectivity index (χ1) is 17.7. The number of pyridine rings is 1. The van der Waals surface area contributed by atoms with Gasteiger partial charge in [-0.1, -0.05) is 12.2 Å². The number of fused-ring (bicyclic) bond motifs is 1. The van der Waals surface area contributed by atoms with Gasteiger partial charge in [0.1, 0.15) is 5.75 Å². The first-order valence-electron chi connectivity index (χ1n) is 12.9. The predicted octanol–water partition coefficient (Wildman–Crippen LogP) is 3.32. The van der Waals surface area contributed by atoms with E-state index < -0.39 is 0 Å². The zero-order chi connectivity index (χ0) is 24.9. The Balaban J connectivity index is 1.34. The summed E-state index contributed by atoms with van der Waals surface area (Å²) in [5.41, 5.74) is 5.71. The molecule has 0 unspecified atom stereocenters. The second-order valence-electron chi connectivity index (χ2n) is 9.52. The average molecular weight is 493 g/mol. The number of ether oxygens (including phenoxy) is 3. The molecule has 2 saturated heterocycles. The van der Waals surface area contributed by atoms with E-state index >= 15 is 0 Å². The molecule has 5 rings (SSSR count). The molecule has 192 valence electrons. The summed E-state index contributed by atoms with van der Waals surface area (Å²) in [6, 6.07) is 6.31. The molecule has 0 atom stereocenters. The van der Waals surface area contributed by atoms with Gasteiger partial charge in [-0.2, -0.15) is 0 Å². The van der Waals surface area contributed by atoms with Crippen LogP contribution in [-0.2, 0) is 15.9 Å². The monoisotopic (exact) mass is 492 g/mol. The van der Waals surface area contributed by atoms with Crippen molar-refractivity contribution in [2.45, 2.75) is 25.3 Å². The standard InChI is InChI=1S/C28H36N4O4/c1-34-15-10-29-27-23-4-3-5-25(23)30-19-24(27)22-7-6-20(18-26(22)35-2)28(33)32-11-8-21(9-12-32)31-13-16-36-17-14-31/h3-4,6-7,18-19,21H,5,8-17H2,1-2H3,(H,29,30). The van der Waals surface area contributed by atoms with Crippen LogP contribution in [0.1, 0.15) is 34.5 Å². The van der Waals surface area contributed by atoms with Gasteiger partial charge in [-0.25, -0.2) is 0 Å². The number of carbonyl (C=O) groups excluding carboxylic acids is 1. The molecule has 0 spiro atoms. The minimum atomic E-state index is 0.0636. The van der Waals surface area contributed by atoms with Crippen LogP contribution in [0.3, 0.4) is 0 Å². The third-order valence-corrected chi connectivity index (χ3v) is 7.46. The molecule has 0 radical (unpaired) electrons. The van der Waals surface area contributed by atoms with Crippen molar-refractivity contribution in [1.82, 2.24) is 14.8 Å². The topological polar surface area (TPSA) is 76.2 Å². The second-order valence-corrected chi connectivity index (χ2v) is 9.52. The molecule has 1 N–H and O–H groups in total. The van der Waals surface area contributed by atoms with Crippen LogP contribution in [0, 0.1) is 0 Å². The quantitative estimate of drug-likeness (QED) is 0.567. The van der Waals surface area contributed by atoms with E-state index in [-0.39, 0.29) is 5.91 Å². The van der Waals surface area contributed by atoms with Gasteiger partial charge in [-0.3, -0.25) is 14.7 Å². The van der Waals surface area contributed by atoms with Gasteiger partial charge in [-0.15, -0.1) is 0 Å². The number of nitrogens with zero attached hydrogens (tertiary/aromatic N) is 3. The molecule has 1 aromatic heterocycles. The van der Waals surface area contributed by atoms with Crippen LogP contribution in [0.5, 0.6) is 5.75 Å². The van der Waals surface area contributed by atoms with E-state index in [2.05, 4.69) is 22.4 Å². The second kappa shape index (κ2) is 11.4. The number of anilines is 1. The van der Waals surface area contributed by atoms with E-state index in [4.69, 9.17) is 19.2 Å². The summed E-state index contributed by atoms with van der Waals surface area (Å²) in [4.78, 5) is 22.6. The van der Waals surface area contributed by atoms with Gasteiger partial charge in [0.15, 0.2) is 0 Å². The molecule has 1 aromatic carbocycles. The molecule has 8 heteroatoms. The van der Waals surface area contributed by atoms with Crippen LogP contribution in [-0.4, -0.2) is 93.5 Å². The zero-order valence-electron chi connectivity index (χ0n) is 21.3. The molecule has 1 amide bonds. The highest BCUT2D eigenvalue weighted by atomic mass is 16.5. The minimum Gasteiger partial charge on any atom is -0.496 e. The van der Waals surface area contributed by atoms with Crippen LogP contribution in [0.15, 0.2) is 30.5 Å². The number of morpholine rings is 1. The Morgan fingerprint density at radius 2 is 1.94 bits per heavy atom. The molecule has 0 bridgehead atoms. The molecule has 0 saturated carbocycles. The summed E-state index contributed by atoms with van der Waals surface area (Å²) < 4.78 is 16.5. The molecule has 2 aliphatic heterocycles. The van der Waals surface area contributed by atoms with E-state index in [0.29, 0.717) is 30.5 Å².